The Bertz CT molecular complexity index is 1330. The third kappa shape index (κ3) is 6.57. The summed E-state index contributed by atoms with van der Waals surface area (Å²) in [4.78, 5) is 14.8. The Morgan fingerprint density at radius 2 is 1.89 bits per heavy atom. The van der Waals surface area contributed by atoms with Crippen LogP contribution in [0.25, 0.3) is 10.9 Å². The average Bonchev–Trinajstić information content (AvgIpc) is 3.33. The van der Waals surface area contributed by atoms with Gasteiger partial charge in [0.2, 0.25) is 0 Å². The normalized spacial score (nSPS) is 12.4. The van der Waals surface area contributed by atoms with Crippen molar-refractivity contribution in [2.75, 3.05) is 13.2 Å². The monoisotopic (exact) mass is 507 g/mol. The third-order valence-electron chi connectivity index (χ3n) is 5.81. The van der Waals surface area contributed by atoms with Gasteiger partial charge in [-0.25, -0.2) is 0 Å². The first kappa shape index (κ1) is 25.6. The molecule has 0 spiro atoms. The van der Waals surface area contributed by atoms with Crippen LogP contribution in [-0.2, 0) is 6.42 Å². The fourth-order valence-electron chi connectivity index (χ4n) is 3.98. The van der Waals surface area contributed by atoms with E-state index >= 15 is 0 Å². The van der Waals surface area contributed by atoms with Gasteiger partial charge in [0.25, 0.3) is 5.91 Å². The van der Waals surface area contributed by atoms with Crippen LogP contribution in [0.3, 0.4) is 0 Å². The van der Waals surface area contributed by atoms with E-state index in [1.54, 1.807) is 12.1 Å². The summed E-state index contributed by atoms with van der Waals surface area (Å²) in [5, 5.41) is 15.3. The van der Waals surface area contributed by atoms with Crippen LogP contribution in [0.15, 0.2) is 72.9 Å². The Kier molecular flexibility index (Phi) is 7.84. The molecule has 0 saturated heterocycles. The van der Waals surface area contributed by atoms with Crippen LogP contribution in [0.1, 0.15) is 29.8 Å². The molecule has 1 amide bonds. The number of halogens is 1. The minimum Gasteiger partial charge on any atom is -0.490 e. The first-order chi connectivity index (χ1) is 17.2. The molecule has 0 aliphatic rings. The number of hydrogen-bond acceptors (Lipinski definition) is 5. The minimum atomic E-state index is -0.659. The number of ether oxygens (including phenoxy) is 2. The molecule has 0 unspecified atom stereocenters. The lowest BCUT2D eigenvalue weighted by Gasteiger charge is -2.28. The van der Waals surface area contributed by atoms with Gasteiger partial charge in [0.05, 0.1) is 5.56 Å². The lowest BCUT2D eigenvalue weighted by atomic mass is 9.94. The van der Waals surface area contributed by atoms with Gasteiger partial charge in [-0.15, -0.1) is 0 Å². The summed E-state index contributed by atoms with van der Waals surface area (Å²) in [7, 11) is 0. The number of aromatic nitrogens is 1. The lowest BCUT2D eigenvalue weighted by Crippen LogP contribution is -2.46. The van der Waals surface area contributed by atoms with Gasteiger partial charge in [-0.05, 0) is 74.4 Å². The van der Waals surface area contributed by atoms with Crippen molar-refractivity contribution >= 4 is 28.4 Å². The van der Waals surface area contributed by atoms with E-state index in [0.717, 1.165) is 28.6 Å². The quantitative estimate of drug-likeness (QED) is 0.227. The zero-order valence-electron chi connectivity index (χ0n) is 20.3. The van der Waals surface area contributed by atoms with E-state index in [-0.39, 0.29) is 17.7 Å². The number of carbonyl (C=O) groups is 1. The highest BCUT2D eigenvalue weighted by molar-refractivity contribution is 6.31. The van der Waals surface area contributed by atoms with Crippen LogP contribution in [-0.4, -0.2) is 40.8 Å². The van der Waals surface area contributed by atoms with E-state index in [2.05, 4.69) is 24.1 Å². The predicted molar refractivity (Wildman–Crippen MR) is 142 cm³/mol. The van der Waals surface area contributed by atoms with E-state index in [1.165, 1.54) is 6.07 Å². The largest absolute Gasteiger partial charge is 0.490 e. The highest BCUT2D eigenvalue weighted by atomic mass is 35.5. The van der Waals surface area contributed by atoms with Gasteiger partial charge < -0.3 is 30.6 Å². The molecule has 188 valence electrons. The number of aliphatic hydroxyl groups is 1. The Hall–Kier alpha value is -3.52. The van der Waals surface area contributed by atoms with Gasteiger partial charge in [0.15, 0.2) is 0 Å². The number of aromatic amines is 1. The maximum Gasteiger partial charge on any atom is 0.252 e. The number of β-amino-alcohol motifs (C(OH)–C–C–N with tert-alkyl or cyclic N) is 1. The lowest BCUT2D eigenvalue weighted by molar-refractivity contribution is 0.0995. The molecule has 7 nitrogen and oxygen atoms in total. The van der Waals surface area contributed by atoms with Crippen molar-refractivity contribution in [3.63, 3.8) is 0 Å². The highest BCUT2D eigenvalue weighted by Gasteiger charge is 2.20. The fourth-order valence-corrected chi connectivity index (χ4v) is 4.15. The summed E-state index contributed by atoms with van der Waals surface area (Å²) in [6.07, 6.45) is 1.94. The number of nitrogens with one attached hydrogen (secondary N) is 2. The third-order valence-corrected chi connectivity index (χ3v) is 6.04. The SMILES string of the molecule is CC(C)(Cc1ccc(Oc2ccc(Cl)cc2C(N)=O)cc1)NC[C@H](O)COc1cccc2[nH]ccc12. The van der Waals surface area contributed by atoms with E-state index in [9.17, 15) is 9.90 Å². The summed E-state index contributed by atoms with van der Waals surface area (Å²) >= 11 is 5.96. The highest BCUT2D eigenvalue weighted by Crippen LogP contribution is 2.28. The standard InChI is InChI=1S/C28H30ClN3O4/c1-28(2,32-16-20(33)17-35-25-5-3-4-24-22(25)12-13-31-24)15-18-6-9-21(10-7-18)36-26-11-8-19(29)14-23(26)27(30)34/h3-14,20,31-33H,15-17H2,1-2H3,(H2,30,34)/t20-/m0/s1. The molecular formula is C28H30ClN3O4. The number of hydrogen-bond donors (Lipinski definition) is 4. The molecule has 0 aliphatic heterocycles. The van der Waals surface area contributed by atoms with Gasteiger partial charge in [0.1, 0.15) is 30.0 Å². The topological polar surface area (TPSA) is 110 Å². The van der Waals surface area contributed by atoms with Gasteiger partial charge in [-0.2, -0.15) is 0 Å². The number of aliphatic hydroxyl groups excluding tert-OH is 1. The summed E-state index contributed by atoms with van der Waals surface area (Å²) in [6, 6.07) is 20.1. The molecule has 1 heterocycles. The Morgan fingerprint density at radius 3 is 2.64 bits per heavy atom. The van der Waals surface area contributed by atoms with Gasteiger partial charge >= 0.3 is 0 Å². The summed E-state index contributed by atoms with van der Waals surface area (Å²) in [5.74, 6) is 1.08. The molecule has 3 aromatic carbocycles. The number of benzene rings is 3. The Balaban J connectivity index is 1.28. The smallest absolute Gasteiger partial charge is 0.252 e. The van der Waals surface area contributed by atoms with Crippen LogP contribution in [0.4, 0.5) is 0 Å². The van der Waals surface area contributed by atoms with E-state index < -0.39 is 12.0 Å². The second-order valence-electron chi connectivity index (χ2n) is 9.35. The van der Waals surface area contributed by atoms with Gasteiger partial charge in [-0.1, -0.05) is 29.8 Å². The number of fused-ring (bicyclic) bond motifs is 1. The molecule has 0 bridgehead atoms. The van der Waals surface area contributed by atoms with E-state index in [1.807, 2.05) is 54.7 Å². The number of nitrogens with two attached hydrogens (primary N) is 1. The Morgan fingerprint density at radius 1 is 1.11 bits per heavy atom. The number of primary amides is 1. The number of amides is 1. The maximum absolute atomic E-state index is 11.7. The molecule has 0 saturated carbocycles. The van der Waals surface area contributed by atoms with E-state index in [4.69, 9.17) is 26.8 Å². The maximum atomic E-state index is 11.7. The van der Waals surface area contributed by atoms with Gasteiger partial charge in [-0.3, -0.25) is 4.79 Å². The fraction of sp³-hybridized carbons (Fsp3) is 0.250. The molecule has 4 aromatic rings. The zero-order chi connectivity index (χ0) is 25.7. The van der Waals surface area contributed by atoms with Gasteiger partial charge in [0, 0.05) is 34.2 Å². The molecule has 5 N–H and O–H groups in total. The molecule has 8 heteroatoms. The number of carbonyl (C=O) groups excluding carboxylic acids is 1. The summed E-state index contributed by atoms with van der Waals surface area (Å²) in [5.41, 5.74) is 7.49. The van der Waals surface area contributed by atoms with Crippen LogP contribution in [0, 0.1) is 0 Å². The van der Waals surface area contributed by atoms with Crippen molar-refractivity contribution in [2.45, 2.75) is 31.9 Å². The Labute approximate surface area is 215 Å². The molecule has 0 fully saturated rings. The summed E-state index contributed by atoms with van der Waals surface area (Å²) in [6.45, 7) is 4.75. The first-order valence-electron chi connectivity index (χ1n) is 11.7. The molecule has 0 aliphatic carbocycles. The minimum absolute atomic E-state index is 0.192. The number of H-pyrrole nitrogens is 1. The number of rotatable bonds is 11. The van der Waals surface area contributed by atoms with Crippen molar-refractivity contribution in [3.8, 4) is 17.2 Å². The van der Waals surface area contributed by atoms with Crippen LogP contribution in [0.5, 0.6) is 17.2 Å². The van der Waals surface area contributed by atoms with E-state index in [0.29, 0.717) is 23.1 Å². The van der Waals surface area contributed by atoms with Crippen LogP contribution >= 0.6 is 11.6 Å². The molecule has 1 aromatic heterocycles. The second-order valence-corrected chi connectivity index (χ2v) is 9.79. The molecule has 4 rings (SSSR count). The molecule has 0 radical (unpaired) electrons. The zero-order valence-corrected chi connectivity index (χ0v) is 21.0. The molecule has 1 atom stereocenters. The van der Waals surface area contributed by atoms with Crippen molar-refractivity contribution in [3.05, 3.63) is 89.1 Å². The van der Waals surface area contributed by atoms with Crippen molar-refractivity contribution in [1.29, 1.82) is 0 Å². The van der Waals surface area contributed by atoms with Crippen LogP contribution in [0.2, 0.25) is 5.02 Å². The average molecular weight is 508 g/mol. The van der Waals surface area contributed by atoms with Crippen molar-refractivity contribution < 1.29 is 19.4 Å². The van der Waals surface area contributed by atoms with Crippen LogP contribution < -0.4 is 20.5 Å². The van der Waals surface area contributed by atoms with Crippen molar-refractivity contribution in [2.24, 2.45) is 5.73 Å². The predicted octanol–water partition coefficient (Wildman–Crippen LogP) is 5.06. The van der Waals surface area contributed by atoms with Crippen molar-refractivity contribution in [1.82, 2.24) is 10.3 Å². The molecule has 36 heavy (non-hydrogen) atoms. The summed E-state index contributed by atoms with van der Waals surface area (Å²) < 4.78 is 11.7. The second kappa shape index (κ2) is 11.0. The molecular weight excluding hydrogens is 478 g/mol. The first-order valence-corrected chi connectivity index (χ1v) is 12.1.